The summed E-state index contributed by atoms with van der Waals surface area (Å²) in [6, 6.07) is 5.71. The Balaban J connectivity index is 2.49. The van der Waals surface area contributed by atoms with Gasteiger partial charge in [0, 0.05) is 24.4 Å². The minimum atomic E-state index is 0.172. The summed E-state index contributed by atoms with van der Waals surface area (Å²) in [4.78, 5) is 8.56. The molecule has 0 spiro atoms. The number of nitrogens with one attached hydrogen (secondary N) is 2. The molecule has 0 amide bonds. The molecule has 2 N–H and O–H groups in total. The molecule has 0 saturated heterocycles. The first-order chi connectivity index (χ1) is 9.50. The highest BCUT2D eigenvalue weighted by Gasteiger charge is 2.16. The topological polar surface area (TPSA) is 58.5 Å². The highest BCUT2D eigenvalue weighted by Crippen LogP contribution is 2.19. The molecule has 0 bridgehead atoms. The van der Waals surface area contributed by atoms with Gasteiger partial charge in [-0.05, 0) is 26.2 Å². The number of rotatable bonds is 6. The van der Waals surface area contributed by atoms with Crippen molar-refractivity contribution in [2.75, 3.05) is 27.0 Å². The van der Waals surface area contributed by atoms with Crippen molar-refractivity contribution in [3.8, 4) is 5.88 Å². The van der Waals surface area contributed by atoms with Crippen molar-refractivity contribution in [3.63, 3.8) is 0 Å². The molecule has 0 aromatic carbocycles. The lowest BCUT2D eigenvalue weighted by Gasteiger charge is -2.23. The largest absolute Gasteiger partial charge is 0.481 e. The fraction of sp³-hybridized carbons (Fsp3) is 0.571. The molecule has 1 aromatic heterocycles. The van der Waals surface area contributed by atoms with E-state index in [-0.39, 0.29) is 4.75 Å². The van der Waals surface area contributed by atoms with Gasteiger partial charge >= 0.3 is 0 Å². The molecule has 1 rings (SSSR count). The van der Waals surface area contributed by atoms with Crippen molar-refractivity contribution >= 4 is 17.7 Å². The number of guanidine groups is 1. The third-order valence-electron chi connectivity index (χ3n) is 2.89. The van der Waals surface area contributed by atoms with Gasteiger partial charge in [0.25, 0.3) is 0 Å². The zero-order valence-corrected chi connectivity index (χ0v) is 13.7. The lowest BCUT2D eigenvalue weighted by atomic mass is 10.2. The van der Waals surface area contributed by atoms with Gasteiger partial charge in [0.05, 0.1) is 19.3 Å². The summed E-state index contributed by atoms with van der Waals surface area (Å²) in [6.07, 6.45) is 2.11. The van der Waals surface area contributed by atoms with E-state index in [9.17, 15) is 0 Å². The predicted octanol–water partition coefficient (Wildman–Crippen LogP) is 1.90. The van der Waals surface area contributed by atoms with E-state index in [0.29, 0.717) is 12.4 Å². The van der Waals surface area contributed by atoms with Crippen LogP contribution in [0, 0.1) is 0 Å². The molecule has 0 radical (unpaired) electrons. The van der Waals surface area contributed by atoms with Crippen LogP contribution in [0.3, 0.4) is 0 Å². The quantitative estimate of drug-likeness (QED) is 0.620. The first-order valence-corrected chi connectivity index (χ1v) is 7.73. The Hall–Kier alpha value is -1.43. The molecule has 0 aliphatic carbocycles. The number of pyridine rings is 1. The molecular formula is C14H24N4OS. The second-order valence-corrected chi connectivity index (χ2v) is 6.43. The minimum absolute atomic E-state index is 0.172. The summed E-state index contributed by atoms with van der Waals surface area (Å²) in [7, 11) is 3.38. The Labute approximate surface area is 125 Å². The Morgan fingerprint density at radius 2 is 2.15 bits per heavy atom. The van der Waals surface area contributed by atoms with E-state index < -0.39 is 0 Å². The van der Waals surface area contributed by atoms with Gasteiger partial charge in [-0.2, -0.15) is 11.8 Å². The number of thioether (sulfide) groups is 1. The van der Waals surface area contributed by atoms with Crippen LogP contribution in [0.1, 0.15) is 19.5 Å². The van der Waals surface area contributed by atoms with Crippen molar-refractivity contribution < 1.29 is 4.74 Å². The molecule has 5 nitrogen and oxygen atoms in total. The molecule has 1 heterocycles. The average molecular weight is 296 g/mol. The Morgan fingerprint density at radius 3 is 2.75 bits per heavy atom. The molecule has 0 unspecified atom stereocenters. The highest BCUT2D eigenvalue weighted by atomic mass is 32.2. The van der Waals surface area contributed by atoms with Gasteiger partial charge in [-0.1, -0.05) is 6.07 Å². The van der Waals surface area contributed by atoms with Crippen molar-refractivity contribution in [3.05, 3.63) is 23.9 Å². The average Bonchev–Trinajstić information content (AvgIpc) is 2.47. The van der Waals surface area contributed by atoms with E-state index in [0.717, 1.165) is 18.2 Å². The summed E-state index contributed by atoms with van der Waals surface area (Å²) < 4.78 is 5.28. The van der Waals surface area contributed by atoms with Crippen LogP contribution in [0.15, 0.2) is 23.2 Å². The summed E-state index contributed by atoms with van der Waals surface area (Å²) in [5.74, 6) is 1.40. The maximum Gasteiger partial charge on any atom is 0.213 e. The van der Waals surface area contributed by atoms with E-state index in [2.05, 4.69) is 40.7 Å². The van der Waals surface area contributed by atoms with E-state index in [1.165, 1.54) is 0 Å². The maximum atomic E-state index is 5.11. The van der Waals surface area contributed by atoms with E-state index >= 15 is 0 Å². The number of methoxy groups -OCH3 is 1. The van der Waals surface area contributed by atoms with Crippen LogP contribution in [0.2, 0.25) is 0 Å². The van der Waals surface area contributed by atoms with Gasteiger partial charge in [-0.25, -0.2) is 4.98 Å². The van der Waals surface area contributed by atoms with Gasteiger partial charge in [0.15, 0.2) is 5.96 Å². The van der Waals surface area contributed by atoms with E-state index in [4.69, 9.17) is 4.74 Å². The molecule has 1 aromatic rings. The first-order valence-electron chi connectivity index (χ1n) is 6.50. The summed E-state index contributed by atoms with van der Waals surface area (Å²) in [5, 5.41) is 6.56. The van der Waals surface area contributed by atoms with Crippen molar-refractivity contribution in [2.24, 2.45) is 4.99 Å². The SMILES string of the molecule is CN=C(NCc1cccc(OC)n1)NCC(C)(C)SC. The second kappa shape index (κ2) is 7.99. The fourth-order valence-electron chi connectivity index (χ4n) is 1.43. The molecular weight excluding hydrogens is 272 g/mol. The van der Waals surface area contributed by atoms with Gasteiger partial charge in [-0.3, -0.25) is 4.99 Å². The predicted molar refractivity (Wildman–Crippen MR) is 86.6 cm³/mol. The molecule has 0 aliphatic heterocycles. The number of ether oxygens (including phenoxy) is 1. The summed E-state index contributed by atoms with van der Waals surface area (Å²) in [6.45, 7) is 5.85. The normalized spacial score (nSPS) is 12.2. The number of hydrogen-bond acceptors (Lipinski definition) is 4. The third kappa shape index (κ3) is 5.69. The van der Waals surface area contributed by atoms with Crippen molar-refractivity contribution in [2.45, 2.75) is 25.1 Å². The van der Waals surface area contributed by atoms with Crippen LogP contribution in [0.5, 0.6) is 5.88 Å². The lowest BCUT2D eigenvalue weighted by molar-refractivity contribution is 0.396. The van der Waals surface area contributed by atoms with Crippen LogP contribution >= 0.6 is 11.8 Å². The van der Waals surface area contributed by atoms with Crippen molar-refractivity contribution in [1.82, 2.24) is 15.6 Å². The minimum Gasteiger partial charge on any atom is -0.481 e. The van der Waals surface area contributed by atoms with Crippen LogP contribution < -0.4 is 15.4 Å². The Bertz CT molecular complexity index is 449. The van der Waals surface area contributed by atoms with Gasteiger partial charge in [0.1, 0.15) is 0 Å². The molecule has 0 atom stereocenters. The fourth-order valence-corrected chi connectivity index (χ4v) is 1.65. The molecule has 0 fully saturated rings. The van der Waals surface area contributed by atoms with Gasteiger partial charge in [-0.15, -0.1) is 0 Å². The Morgan fingerprint density at radius 1 is 1.40 bits per heavy atom. The van der Waals surface area contributed by atoms with Crippen LogP contribution in [0.4, 0.5) is 0 Å². The number of hydrogen-bond donors (Lipinski definition) is 2. The molecule has 0 saturated carbocycles. The third-order valence-corrected chi connectivity index (χ3v) is 4.13. The molecule has 20 heavy (non-hydrogen) atoms. The zero-order chi connectivity index (χ0) is 15.0. The monoisotopic (exact) mass is 296 g/mol. The molecule has 112 valence electrons. The van der Waals surface area contributed by atoms with Gasteiger partial charge < -0.3 is 15.4 Å². The van der Waals surface area contributed by atoms with E-state index in [1.807, 2.05) is 30.0 Å². The van der Waals surface area contributed by atoms with Crippen LogP contribution in [-0.2, 0) is 6.54 Å². The second-order valence-electron chi connectivity index (χ2n) is 4.91. The summed E-state index contributed by atoms with van der Waals surface area (Å²) in [5.41, 5.74) is 0.913. The zero-order valence-electron chi connectivity index (χ0n) is 12.9. The van der Waals surface area contributed by atoms with Crippen LogP contribution in [-0.4, -0.2) is 42.6 Å². The first kappa shape index (κ1) is 16.6. The number of aromatic nitrogens is 1. The van der Waals surface area contributed by atoms with E-state index in [1.54, 1.807) is 14.2 Å². The molecule has 0 aliphatic rings. The number of nitrogens with zero attached hydrogens (tertiary/aromatic N) is 2. The Kier molecular flexibility index (Phi) is 6.64. The highest BCUT2D eigenvalue weighted by molar-refractivity contribution is 7.99. The number of aliphatic imine (C=N–C) groups is 1. The standard InChI is InChI=1S/C14H24N4OS/c1-14(2,20-5)10-17-13(15-3)16-9-11-7-6-8-12(18-11)19-4/h6-8H,9-10H2,1-5H3,(H2,15,16,17). The van der Waals surface area contributed by atoms with Crippen LogP contribution in [0.25, 0.3) is 0 Å². The lowest BCUT2D eigenvalue weighted by Crippen LogP contribution is -2.43. The summed E-state index contributed by atoms with van der Waals surface area (Å²) >= 11 is 1.82. The smallest absolute Gasteiger partial charge is 0.213 e. The van der Waals surface area contributed by atoms with Crippen molar-refractivity contribution in [1.29, 1.82) is 0 Å². The molecule has 6 heteroatoms. The van der Waals surface area contributed by atoms with Gasteiger partial charge in [0.2, 0.25) is 5.88 Å². The maximum absolute atomic E-state index is 5.11.